The summed E-state index contributed by atoms with van der Waals surface area (Å²) in [7, 11) is 0. The van der Waals surface area contributed by atoms with Crippen LogP contribution in [0.15, 0.2) is 41.6 Å². The highest BCUT2D eigenvalue weighted by atomic mass is 16.3. The first-order chi connectivity index (χ1) is 11.3. The van der Waals surface area contributed by atoms with Crippen molar-refractivity contribution in [2.24, 2.45) is 5.92 Å². The van der Waals surface area contributed by atoms with Crippen molar-refractivity contribution in [3.8, 4) is 0 Å². The number of ketones is 2. The van der Waals surface area contributed by atoms with E-state index in [1.54, 1.807) is 6.92 Å². The lowest BCUT2D eigenvalue weighted by Crippen LogP contribution is -2.49. The third kappa shape index (κ3) is 3.57. The number of hydrogen-bond donors (Lipinski definition) is 3. The number of nitrogens with one attached hydrogen (secondary N) is 1. The van der Waals surface area contributed by atoms with Crippen LogP contribution in [-0.4, -0.2) is 40.5 Å². The molecule has 2 rings (SSSR count). The van der Waals surface area contributed by atoms with Gasteiger partial charge in [-0.1, -0.05) is 30.3 Å². The minimum absolute atomic E-state index is 0.0804. The van der Waals surface area contributed by atoms with Gasteiger partial charge in [-0.3, -0.25) is 9.59 Å². The molecule has 1 aliphatic carbocycles. The summed E-state index contributed by atoms with van der Waals surface area (Å²) in [4.78, 5) is 24.7. The van der Waals surface area contributed by atoms with E-state index in [0.717, 1.165) is 5.56 Å². The van der Waals surface area contributed by atoms with Crippen LogP contribution >= 0.6 is 0 Å². The SMILES string of the molecule is CC(=O)C1=C(NCCO)CC(C)(O)C(C(C)=O)C1c1ccccc1. The van der Waals surface area contributed by atoms with Crippen molar-refractivity contribution >= 4 is 11.6 Å². The monoisotopic (exact) mass is 331 g/mol. The van der Waals surface area contributed by atoms with Crippen LogP contribution in [0.4, 0.5) is 0 Å². The second-order valence-corrected chi connectivity index (χ2v) is 6.61. The van der Waals surface area contributed by atoms with E-state index in [1.165, 1.54) is 13.8 Å². The quantitative estimate of drug-likeness (QED) is 0.736. The lowest BCUT2D eigenvalue weighted by atomic mass is 9.64. The first-order valence-electron chi connectivity index (χ1n) is 8.16. The Morgan fingerprint density at radius 1 is 1.25 bits per heavy atom. The van der Waals surface area contributed by atoms with Crippen LogP contribution < -0.4 is 5.32 Å². The molecule has 0 amide bonds. The summed E-state index contributed by atoms with van der Waals surface area (Å²) in [6, 6.07) is 9.32. The summed E-state index contributed by atoms with van der Waals surface area (Å²) in [6.45, 7) is 4.77. The van der Waals surface area contributed by atoms with E-state index < -0.39 is 17.4 Å². The summed E-state index contributed by atoms with van der Waals surface area (Å²) >= 11 is 0. The van der Waals surface area contributed by atoms with Gasteiger partial charge in [0.05, 0.1) is 18.1 Å². The third-order valence-electron chi connectivity index (χ3n) is 4.60. The normalized spacial score (nSPS) is 27.0. The second-order valence-electron chi connectivity index (χ2n) is 6.61. The van der Waals surface area contributed by atoms with Crippen LogP contribution in [0.25, 0.3) is 0 Å². The fourth-order valence-corrected chi connectivity index (χ4v) is 3.76. The molecule has 0 radical (unpaired) electrons. The molecule has 5 heteroatoms. The number of rotatable bonds is 6. The zero-order valence-electron chi connectivity index (χ0n) is 14.4. The standard InChI is InChI=1S/C19H25NO4/c1-12(22)16-15(20-9-10-21)11-19(3,24)18(13(2)23)17(16)14-7-5-4-6-8-14/h4-8,17-18,20-21,24H,9-11H2,1-3H3. The summed E-state index contributed by atoms with van der Waals surface area (Å²) < 4.78 is 0. The van der Waals surface area contributed by atoms with E-state index >= 15 is 0 Å². The Labute approximate surface area is 142 Å². The van der Waals surface area contributed by atoms with Gasteiger partial charge in [0, 0.05) is 30.2 Å². The number of Topliss-reactive ketones (excluding diaryl/α,β-unsaturated/α-hetero) is 2. The van der Waals surface area contributed by atoms with E-state index in [9.17, 15) is 14.7 Å². The van der Waals surface area contributed by atoms with Gasteiger partial charge in [-0.25, -0.2) is 0 Å². The zero-order chi connectivity index (χ0) is 17.9. The number of allylic oxidation sites excluding steroid dienone is 1. The Hall–Kier alpha value is -1.98. The second kappa shape index (κ2) is 7.28. The molecule has 1 aromatic rings. The van der Waals surface area contributed by atoms with Crippen LogP contribution in [-0.2, 0) is 9.59 Å². The Morgan fingerprint density at radius 2 is 1.88 bits per heavy atom. The van der Waals surface area contributed by atoms with Crippen molar-refractivity contribution < 1.29 is 19.8 Å². The molecule has 3 atom stereocenters. The first kappa shape index (κ1) is 18.4. The van der Waals surface area contributed by atoms with Gasteiger partial charge in [0.25, 0.3) is 0 Å². The van der Waals surface area contributed by atoms with Gasteiger partial charge in [-0.15, -0.1) is 0 Å². The van der Waals surface area contributed by atoms with Gasteiger partial charge < -0.3 is 15.5 Å². The molecule has 3 unspecified atom stereocenters. The molecule has 3 N–H and O–H groups in total. The molecule has 0 fully saturated rings. The maximum absolute atomic E-state index is 12.4. The van der Waals surface area contributed by atoms with E-state index in [1.807, 2.05) is 30.3 Å². The topological polar surface area (TPSA) is 86.6 Å². The summed E-state index contributed by atoms with van der Waals surface area (Å²) in [5, 5.41) is 23.1. The summed E-state index contributed by atoms with van der Waals surface area (Å²) in [5.41, 5.74) is 0.670. The predicted molar refractivity (Wildman–Crippen MR) is 91.4 cm³/mol. The molecule has 0 heterocycles. The number of aliphatic hydroxyl groups excluding tert-OH is 1. The number of carbonyl (C=O) groups is 2. The Kier molecular flexibility index (Phi) is 5.57. The molecule has 130 valence electrons. The van der Waals surface area contributed by atoms with Crippen LogP contribution in [0, 0.1) is 5.92 Å². The number of carbonyl (C=O) groups excluding carboxylic acids is 2. The molecular formula is C19H25NO4. The van der Waals surface area contributed by atoms with Crippen LogP contribution in [0.1, 0.15) is 38.7 Å². The van der Waals surface area contributed by atoms with Crippen molar-refractivity contribution in [2.45, 2.75) is 38.7 Å². The van der Waals surface area contributed by atoms with Crippen molar-refractivity contribution in [3.63, 3.8) is 0 Å². The summed E-state index contributed by atoms with van der Waals surface area (Å²) in [6.07, 6.45) is 0.176. The Balaban J connectivity index is 2.67. The summed E-state index contributed by atoms with van der Waals surface area (Å²) in [5.74, 6) is -1.48. The largest absolute Gasteiger partial charge is 0.395 e. The van der Waals surface area contributed by atoms with E-state index in [2.05, 4.69) is 5.32 Å². The average molecular weight is 331 g/mol. The van der Waals surface area contributed by atoms with Crippen LogP contribution in [0.5, 0.6) is 0 Å². The van der Waals surface area contributed by atoms with E-state index in [-0.39, 0.29) is 31.1 Å². The highest BCUT2D eigenvalue weighted by molar-refractivity contribution is 5.98. The lowest BCUT2D eigenvalue weighted by Gasteiger charge is -2.43. The molecule has 0 saturated carbocycles. The fourth-order valence-electron chi connectivity index (χ4n) is 3.76. The lowest BCUT2D eigenvalue weighted by molar-refractivity contribution is -0.131. The Morgan fingerprint density at radius 3 is 2.38 bits per heavy atom. The minimum Gasteiger partial charge on any atom is -0.395 e. The van der Waals surface area contributed by atoms with Gasteiger partial charge in [-0.05, 0) is 26.3 Å². The molecule has 1 aliphatic rings. The van der Waals surface area contributed by atoms with Gasteiger partial charge in [0.1, 0.15) is 5.78 Å². The third-order valence-corrected chi connectivity index (χ3v) is 4.60. The molecule has 5 nitrogen and oxygen atoms in total. The fraction of sp³-hybridized carbons (Fsp3) is 0.474. The van der Waals surface area contributed by atoms with Crippen molar-refractivity contribution in [1.82, 2.24) is 5.32 Å². The highest BCUT2D eigenvalue weighted by Gasteiger charge is 2.48. The molecule has 1 aromatic carbocycles. The van der Waals surface area contributed by atoms with Crippen LogP contribution in [0.3, 0.4) is 0 Å². The van der Waals surface area contributed by atoms with Crippen LogP contribution in [0.2, 0.25) is 0 Å². The van der Waals surface area contributed by atoms with Gasteiger partial charge in [0.2, 0.25) is 0 Å². The molecule has 0 spiro atoms. The molecule has 0 bridgehead atoms. The minimum atomic E-state index is -1.27. The maximum Gasteiger partial charge on any atom is 0.158 e. The van der Waals surface area contributed by atoms with Crippen molar-refractivity contribution in [2.75, 3.05) is 13.2 Å². The Bertz CT molecular complexity index is 649. The molecular weight excluding hydrogens is 306 g/mol. The van der Waals surface area contributed by atoms with E-state index in [4.69, 9.17) is 5.11 Å². The highest BCUT2D eigenvalue weighted by Crippen LogP contribution is 2.46. The molecule has 24 heavy (non-hydrogen) atoms. The molecule has 0 aromatic heterocycles. The first-order valence-corrected chi connectivity index (χ1v) is 8.16. The average Bonchev–Trinajstić information content (AvgIpc) is 2.51. The smallest absolute Gasteiger partial charge is 0.158 e. The van der Waals surface area contributed by atoms with Gasteiger partial charge >= 0.3 is 0 Å². The van der Waals surface area contributed by atoms with Gasteiger partial charge in [0.15, 0.2) is 5.78 Å². The predicted octanol–water partition coefficient (Wildman–Crippen LogP) is 1.56. The number of aliphatic hydroxyl groups is 2. The van der Waals surface area contributed by atoms with Gasteiger partial charge in [-0.2, -0.15) is 0 Å². The number of hydrogen-bond acceptors (Lipinski definition) is 5. The molecule has 0 aliphatic heterocycles. The van der Waals surface area contributed by atoms with Crippen molar-refractivity contribution in [3.05, 3.63) is 47.2 Å². The number of benzene rings is 1. The zero-order valence-corrected chi connectivity index (χ0v) is 14.4. The van der Waals surface area contributed by atoms with Crippen molar-refractivity contribution in [1.29, 1.82) is 0 Å². The molecule has 0 saturated heterocycles. The maximum atomic E-state index is 12.4. The van der Waals surface area contributed by atoms with E-state index in [0.29, 0.717) is 11.3 Å².